The minimum Gasteiger partial charge on any atom is -0.487 e. The number of para-hydroxylation sites is 1. The van der Waals surface area contributed by atoms with Gasteiger partial charge in [-0.2, -0.15) is 0 Å². The molecule has 0 aliphatic rings. The van der Waals surface area contributed by atoms with Crippen LogP contribution in [0.15, 0.2) is 79.0 Å². The zero-order valence-electron chi connectivity index (χ0n) is 18.0. The van der Waals surface area contributed by atoms with Crippen LogP contribution < -0.4 is 9.47 Å². The summed E-state index contributed by atoms with van der Waals surface area (Å²) < 4.78 is 16.0. The predicted octanol–water partition coefficient (Wildman–Crippen LogP) is 5.36. The second-order valence-electron chi connectivity index (χ2n) is 7.07. The van der Waals surface area contributed by atoms with Crippen molar-refractivity contribution in [3.8, 4) is 11.6 Å². The van der Waals surface area contributed by atoms with E-state index >= 15 is 0 Å². The first kappa shape index (κ1) is 21.7. The van der Waals surface area contributed by atoms with Crippen LogP contribution in [-0.4, -0.2) is 29.4 Å². The maximum absolute atomic E-state index is 8.20. The van der Waals surface area contributed by atoms with E-state index in [1.807, 2.05) is 66.7 Å². The van der Waals surface area contributed by atoms with Crippen LogP contribution in [0, 0.1) is 10.8 Å². The lowest BCUT2D eigenvalue weighted by Gasteiger charge is -2.11. The molecule has 0 spiro atoms. The molecule has 2 N–H and O–H groups in total. The Balaban J connectivity index is 1.51. The molecule has 0 aliphatic heterocycles. The lowest BCUT2D eigenvalue weighted by Crippen LogP contribution is -2.05. The van der Waals surface area contributed by atoms with Crippen LogP contribution in [-0.2, 0) is 11.3 Å². The SMILES string of the molecule is COc1ccc(/C=C(/C(=N)OC=N)c2ccc(OCc3ccc4ccccc4n3)cc2)cn1. The molecule has 0 saturated carbocycles. The number of fused-ring (bicyclic) bond motifs is 1. The third-order valence-electron chi connectivity index (χ3n) is 4.91. The summed E-state index contributed by atoms with van der Waals surface area (Å²) in [6.07, 6.45) is 4.15. The Morgan fingerprint density at radius 3 is 2.52 bits per heavy atom. The molecular formula is C26H22N4O3. The largest absolute Gasteiger partial charge is 0.487 e. The molecule has 2 aromatic heterocycles. The Morgan fingerprint density at radius 2 is 1.79 bits per heavy atom. The summed E-state index contributed by atoms with van der Waals surface area (Å²) in [4.78, 5) is 8.81. The summed E-state index contributed by atoms with van der Waals surface area (Å²) in [6.45, 7) is 0.344. The van der Waals surface area contributed by atoms with Gasteiger partial charge in [-0.15, -0.1) is 0 Å². The topological polar surface area (TPSA) is 101 Å². The third-order valence-corrected chi connectivity index (χ3v) is 4.91. The fraction of sp³-hybridized carbons (Fsp3) is 0.0769. The molecule has 0 amide bonds. The molecule has 33 heavy (non-hydrogen) atoms. The zero-order valence-corrected chi connectivity index (χ0v) is 18.0. The molecule has 7 heteroatoms. The van der Waals surface area contributed by atoms with Crippen LogP contribution in [0.5, 0.6) is 11.6 Å². The van der Waals surface area contributed by atoms with Crippen LogP contribution in [0.4, 0.5) is 0 Å². The Bertz CT molecular complexity index is 1300. The Hall–Kier alpha value is -4.52. The third kappa shape index (κ3) is 5.40. The van der Waals surface area contributed by atoms with Crippen LogP contribution in [0.1, 0.15) is 16.8 Å². The van der Waals surface area contributed by atoms with Gasteiger partial charge in [-0.3, -0.25) is 10.8 Å². The monoisotopic (exact) mass is 438 g/mol. The van der Waals surface area contributed by atoms with Crippen LogP contribution in [0.3, 0.4) is 0 Å². The summed E-state index contributed by atoms with van der Waals surface area (Å²) in [5.74, 6) is 1.04. The van der Waals surface area contributed by atoms with Crippen molar-refractivity contribution in [2.24, 2.45) is 0 Å². The molecule has 0 saturated heterocycles. The number of hydrogen-bond acceptors (Lipinski definition) is 7. The van der Waals surface area contributed by atoms with E-state index < -0.39 is 0 Å². The van der Waals surface area contributed by atoms with Gasteiger partial charge in [0.25, 0.3) is 0 Å². The minimum atomic E-state index is -0.144. The van der Waals surface area contributed by atoms with E-state index in [-0.39, 0.29) is 5.90 Å². The molecule has 0 fully saturated rings. The molecule has 164 valence electrons. The summed E-state index contributed by atoms with van der Waals surface area (Å²) >= 11 is 0. The molecule has 0 radical (unpaired) electrons. The highest BCUT2D eigenvalue weighted by Gasteiger charge is 2.11. The van der Waals surface area contributed by atoms with Crippen molar-refractivity contribution in [2.75, 3.05) is 7.11 Å². The Labute approximate surface area is 191 Å². The number of methoxy groups -OCH3 is 1. The minimum absolute atomic E-state index is 0.144. The number of hydrogen-bond donors (Lipinski definition) is 2. The van der Waals surface area contributed by atoms with Crippen LogP contribution in [0.2, 0.25) is 0 Å². The molecule has 7 nitrogen and oxygen atoms in total. The Kier molecular flexibility index (Phi) is 6.70. The summed E-state index contributed by atoms with van der Waals surface area (Å²) in [6, 6.07) is 22.8. The van der Waals surface area contributed by atoms with E-state index in [4.69, 9.17) is 25.0 Å². The quantitative estimate of drug-likeness (QED) is 0.285. The summed E-state index contributed by atoms with van der Waals surface area (Å²) in [7, 11) is 1.55. The average molecular weight is 438 g/mol. The lowest BCUT2D eigenvalue weighted by molar-refractivity contribution is 0.302. The fourth-order valence-electron chi connectivity index (χ4n) is 3.24. The first-order valence-corrected chi connectivity index (χ1v) is 10.2. The van der Waals surface area contributed by atoms with Crippen molar-refractivity contribution in [3.05, 3.63) is 95.8 Å². The number of benzene rings is 2. The van der Waals surface area contributed by atoms with Crippen molar-refractivity contribution in [2.45, 2.75) is 6.61 Å². The van der Waals surface area contributed by atoms with Gasteiger partial charge in [0.05, 0.1) is 18.3 Å². The van der Waals surface area contributed by atoms with Gasteiger partial charge in [-0.25, -0.2) is 9.97 Å². The number of ether oxygens (including phenoxy) is 3. The fourth-order valence-corrected chi connectivity index (χ4v) is 3.24. The molecule has 2 aromatic carbocycles. The van der Waals surface area contributed by atoms with Gasteiger partial charge in [0.2, 0.25) is 11.8 Å². The van der Waals surface area contributed by atoms with Gasteiger partial charge in [0.1, 0.15) is 12.4 Å². The van der Waals surface area contributed by atoms with E-state index in [0.29, 0.717) is 23.8 Å². The van der Waals surface area contributed by atoms with Gasteiger partial charge in [-0.05, 0) is 47.5 Å². The van der Waals surface area contributed by atoms with E-state index in [2.05, 4.69) is 9.97 Å². The highest BCUT2D eigenvalue weighted by molar-refractivity contribution is 6.24. The average Bonchev–Trinajstić information content (AvgIpc) is 2.87. The molecule has 4 rings (SSSR count). The molecule has 0 unspecified atom stereocenters. The standard InChI is InChI=1S/C26H22N4O3/c1-31-25-13-6-18(15-29-25)14-23(26(28)33-17-27)19-8-11-22(12-9-19)32-16-21-10-7-20-4-2-3-5-24(20)30-21/h2-15,17,27-28H,16H2,1H3/b23-14+,27-17?,28-26?. The molecule has 0 bridgehead atoms. The van der Waals surface area contributed by atoms with Crippen molar-refractivity contribution >= 4 is 34.9 Å². The van der Waals surface area contributed by atoms with Gasteiger partial charge in [-0.1, -0.05) is 36.4 Å². The second kappa shape index (κ2) is 10.2. The van der Waals surface area contributed by atoms with Gasteiger partial charge < -0.3 is 14.2 Å². The summed E-state index contributed by atoms with van der Waals surface area (Å²) in [5, 5.41) is 16.5. The smallest absolute Gasteiger partial charge is 0.221 e. The van der Waals surface area contributed by atoms with Gasteiger partial charge in [0.15, 0.2) is 6.40 Å². The van der Waals surface area contributed by atoms with Crippen molar-refractivity contribution in [3.63, 3.8) is 0 Å². The highest BCUT2D eigenvalue weighted by Crippen LogP contribution is 2.24. The van der Waals surface area contributed by atoms with E-state index in [9.17, 15) is 0 Å². The number of nitrogens with one attached hydrogen (secondary N) is 2. The number of rotatable bonds is 8. The summed E-state index contributed by atoms with van der Waals surface area (Å²) in [5.41, 5.74) is 3.79. The maximum atomic E-state index is 8.20. The highest BCUT2D eigenvalue weighted by atomic mass is 16.5. The second-order valence-corrected chi connectivity index (χ2v) is 7.07. The number of nitrogens with zero attached hydrogens (tertiary/aromatic N) is 2. The molecule has 4 aromatic rings. The van der Waals surface area contributed by atoms with Crippen molar-refractivity contribution in [1.82, 2.24) is 9.97 Å². The first-order valence-electron chi connectivity index (χ1n) is 10.2. The first-order chi connectivity index (χ1) is 16.2. The number of pyridine rings is 2. The van der Waals surface area contributed by atoms with Crippen molar-refractivity contribution < 1.29 is 14.2 Å². The van der Waals surface area contributed by atoms with Crippen molar-refractivity contribution in [1.29, 1.82) is 10.8 Å². The molecule has 2 heterocycles. The van der Waals surface area contributed by atoms with Gasteiger partial charge >= 0.3 is 0 Å². The lowest BCUT2D eigenvalue weighted by atomic mass is 10.0. The van der Waals surface area contributed by atoms with Crippen LogP contribution in [0.25, 0.3) is 22.6 Å². The maximum Gasteiger partial charge on any atom is 0.221 e. The zero-order chi connectivity index (χ0) is 23.0. The Morgan fingerprint density at radius 1 is 0.970 bits per heavy atom. The molecule has 0 aliphatic carbocycles. The van der Waals surface area contributed by atoms with E-state index in [1.165, 1.54) is 0 Å². The normalized spacial score (nSPS) is 11.1. The van der Waals surface area contributed by atoms with Crippen LogP contribution >= 0.6 is 0 Å². The van der Waals surface area contributed by atoms with E-state index in [1.54, 1.807) is 25.4 Å². The van der Waals surface area contributed by atoms with E-state index in [0.717, 1.165) is 34.1 Å². The number of aromatic nitrogens is 2. The predicted molar refractivity (Wildman–Crippen MR) is 129 cm³/mol. The van der Waals surface area contributed by atoms with Gasteiger partial charge in [0, 0.05) is 23.2 Å². The molecule has 0 atom stereocenters. The molecular weight excluding hydrogens is 416 g/mol.